The van der Waals surface area contributed by atoms with Crippen LogP contribution >= 0.6 is 0 Å². The standard InChI is InChI=1S/C22H20FN3O6S/c1-15-6-7-16(26(28)29)14-21(15)33(30,31)25-12-10-24(11-13-25)22(27)20-9-8-19(32-20)17-4-2-3-5-18(17)23/h2-9,14H,10-13H2,1H3. The molecule has 1 fully saturated rings. The molecular formula is C22H20FN3O6S. The molecule has 0 atom stereocenters. The quantitative estimate of drug-likeness (QED) is 0.414. The number of hydrogen-bond donors (Lipinski definition) is 0. The van der Waals surface area contributed by atoms with Crippen LogP contribution in [0.1, 0.15) is 16.1 Å². The molecule has 4 rings (SSSR count). The number of benzene rings is 2. The molecule has 0 N–H and O–H groups in total. The third kappa shape index (κ3) is 4.37. The van der Waals surface area contributed by atoms with Crippen LogP contribution in [0, 0.1) is 22.9 Å². The van der Waals surface area contributed by atoms with Gasteiger partial charge in [-0.15, -0.1) is 0 Å². The largest absolute Gasteiger partial charge is 0.451 e. The number of carbonyl (C=O) groups excluding carboxylic acids is 1. The summed E-state index contributed by atoms with van der Waals surface area (Å²) >= 11 is 0. The summed E-state index contributed by atoms with van der Waals surface area (Å²) in [6, 6.07) is 12.7. The lowest BCUT2D eigenvalue weighted by Gasteiger charge is -2.33. The number of sulfonamides is 1. The number of halogens is 1. The predicted octanol–water partition coefficient (Wildman–Crippen LogP) is 3.45. The zero-order valence-corrected chi connectivity index (χ0v) is 18.4. The van der Waals surface area contributed by atoms with Crippen LogP contribution < -0.4 is 0 Å². The molecule has 1 aliphatic rings. The molecule has 11 heteroatoms. The average molecular weight is 473 g/mol. The molecule has 0 saturated carbocycles. The van der Waals surface area contributed by atoms with Crippen molar-refractivity contribution in [2.24, 2.45) is 0 Å². The summed E-state index contributed by atoms with van der Waals surface area (Å²) in [7, 11) is -3.97. The van der Waals surface area contributed by atoms with Crippen molar-refractivity contribution in [1.29, 1.82) is 0 Å². The van der Waals surface area contributed by atoms with Gasteiger partial charge >= 0.3 is 0 Å². The fourth-order valence-corrected chi connectivity index (χ4v) is 5.33. The molecule has 1 aromatic heterocycles. The van der Waals surface area contributed by atoms with Gasteiger partial charge in [-0.25, -0.2) is 12.8 Å². The lowest BCUT2D eigenvalue weighted by Crippen LogP contribution is -2.50. The Morgan fingerprint density at radius 1 is 1.06 bits per heavy atom. The van der Waals surface area contributed by atoms with E-state index in [0.717, 1.165) is 6.07 Å². The minimum Gasteiger partial charge on any atom is -0.451 e. The second-order valence-corrected chi connectivity index (χ2v) is 9.45. The molecule has 0 unspecified atom stereocenters. The number of piperazine rings is 1. The Labute approximate surface area is 189 Å². The first-order valence-corrected chi connectivity index (χ1v) is 11.5. The molecule has 172 valence electrons. The van der Waals surface area contributed by atoms with Gasteiger partial charge < -0.3 is 9.32 Å². The average Bonchev–Trinajstić information content (AvgIpc) is 3.29. The summed E-state index contributed by atoms with van der Waals surface area (Å²) in [5.41, 5.74) is 0.326. The van der Waals surface area contributed by atoms with Crippen LogP contribution in [-0.4, -0.2) is 54.6 Å². The van der Waals surface area contributed by atoms with Crippen LogP contribution in [0.25, 0.3) is 11.3 Å². The van der Waals surface area contributed by atoms with Gasteiger partial charge in [-0.2, -0.15) is 4.31 Å². The van der Waals surface area contributed by atoms with Crippen molar-refractivity contribution in [2.45, 2.75) is 11.8 Å². The molecule has 1 amide bonds. The van der Waals surface area contributed by atoms with Gasteiger partial charge in [-0.05, 0) is 36.8 Å². The fourth-order valence-electron chi connectivity index (χ4n) is 3.67. The van der Waals surface area contributed by atoms with E-state index >= 15 is 0 Å². The zero-order valence-electron chi connectivity index (χ0n) is 17.6. The van der Waals surface area contributed by atoms with Crippen LogP contribution in [0.15, 0.2) is 63.9 Å². The molecule has 33 heavy (non-hydrogen) atoms. The molecular weight excluding hydrogens is 453 g/mol. The second-order valence-electron chi connectivity index (χ2n) is 7.55. The van der Waals surface area contributed by atoms with Crippen molar-refractivity contribution in [3.05, 3.63) is 81.9 Å². The van der Waals surface area contributed by atoms with Crippen LogP contribution in [0.4, 0.5) is 10.1 Å². The highest BCUT2D eigenvalue weighted by Crippen LogP contribution is 2.27. The van der Waals surface area contributed by atoms with E-state index in [1.807, 2.05) is 0 Å². The highest BCUT2D eigenvalue weighted by Gasteiger charge is 2.33. The topological polar surface area (TPSA) is 114 Å². The Balaban J connectivity index is 1.47. The van der Waals surface area contributed by atoms with Crippen molar-refractivity contribution in [2.75, 3.05) is 26.2 Å². The van der Waals surface area contributed by atoms with E-state index < -0.39 is 26.7 Å². The van der Waals surface area contributed by atoms with Gasteiger partial charge in [0, 0.05) is 38.3 Å². The van der Waals surface area contributed by atoms with Crippen LogP contribution in [-0.2, 0) is 10.0 Å². The minimum absolute atomic E-state index is 0.0249. The Morgan fingerprint density at radius 3 is 2.42 bits per heavy atom. The number of nitro benzene ring substituents is 1. The van der Waals surface area contributed by atoms with Crippen LogP contribution in [0.2, 0.25) is 0 Å². The summed E-state index contributed by atoms with van der Waals surface area (Å²) in [5, 5.41) is 11.1. The maximum Gasteiger partial charge on any atom is 0.289 e. The minimum atomic E-state index is -3.97. The zero-order chi connectivity index (χ0) is 23.8. The van der Waals surface area contributed by atoms with Gasteiger partial charge in [0.05, 0.1) is 15.4 Å². The molecule has 2 aromatic carbocycles. The molecule has 2 heterocycles. The van der Waals surface area contributed by atoms with Gasteiger partial charge in [-0.3, -0.25) is 14.9 Å². The third-order valence-corrected chi connectivity index (χ3v) is 7.52. The highest BCUT2D eigenvalue weighted by molar-refractivity contribution is 7.89. The number of aryl methyl sites for hydroxylation is 1. The first-order chi connectivity index (χ1) is 15.7. The molecule has 0 bridgehead atoms. The Kier molecular flexibility index (Phi) is 6.00. The lowest BCUT2D eigenvalue weighted by molar-refractivity contribution is -0.385. The second kappa shape index (κ2) is 8.75. The number of non-ortho nitro benzene ring substituents is 1. The fraction of sp³-hybridized carbons (Fsp3) is 0.227. The van der Waals surface area contributed by atoms with Gasteiger partial charge in [0.1, 0.15) is 11.6 Å². The first kappa shape index (κ1) is 22.6. The summed E-state index contributed by atoms with van der Waals surface area (Å²) < 4.78 is 46.9. The van der Waals surface area contributed by atoms with Crippen LogP contribution in [0.3, 0.4) is 0 Å². The number of amides is 1. The van der Waals surface area contributed by atoms with Gasteiger partial charge in [0.2, 0.25) is 10.0 Å². The summed E-state index contributed by atoms with van der Waals surface area (Å²) in [6.07, 6.45) is 0. The Morgan fingerprint density at radius 2 is 1.76 bits per heavy atom. The number of hydrogen-bond acceptors (Lipinski definition) is 6. The summed E-state index contributed by atoms with van der Waals surface area (Å²) in [5.74, 6) is -0.653. The molecule has 9 nitrogen and oxygen atoms in total. The number of rotatable bonds is 5. The lowest BCUT2D eigenvalue weighted by atomic mass is 10.1. The van der Waals surface area contributed by atoms with Gasteiger partial charge in [0.15, 0.2) is 5.76 Å². The van der Waals surface area contributed by atoms with Crippen molar-refractivity contribution in [1.82, 2.24) is 9.21 Å². The smallest absolute Gasteiger partial charge is 0.289 e. The van der Waals surface area contributed by atoms with E-state index in [1.165, 1.54) is 39.5 Å². The summed E-state index contributed by atoms with van der Waals surface area (Å²) in [6.45, 7) is 1.85. The van der Waals surface area contributed by atoms with E-state index in [9.17, 15) is 27.7 Å². The van der Waals surface area contributed by atoms with Gasteiger partial charge in [-0.1, -0.05) is 18.2 Å². The number of furan rings is 1. The molecule has 0 aliphatic carbocycles. The normalized spacial score (nSPS) is 14.9. The Bertz CT molecular complexity index is 1330. The molecule has 1 aliphatic heterocycles. The van der Waals surface area contributed by atoms with E-state index in [4.69, 9.17) is 4.42 Å². The third-order valence-electron chi connectivity index (χ3n) is 5.48. The predicted molar refractivity (Wildman–Crippen MR) is 117 cm³/mol. The highest BCUT2D eigenvalue weighted by atomic mass is 32.2. The van der Waals surface area contributed by atoms with Gasteiger partial charge in [0.25, 0.3) is 11.6 Å². The van der Waals surface area contributed by atoms with Crippen molar-refractivity contribution >= 4 is 21.6 Å². The van der Waals surface area contributed by atoms with E-state index in [-0.39, 0.29) is 53.8 Å². The monoisotopic (exact) mass is 473 g/mol. The van der Waals surface area contributed by atoms with Crippen molar-refractivity contribution < 1.29 is 26.9 Å². The molecule has 0 spiro atoms. The van der Waals surface area contributed by atoms with Crippen molar-refractivity contribution in [3.8, 4) is 11.3 Å². The molecule has 3 aromatic rings. The number of carbonyl (C=O) groups is 1. The first-order valence-electron chi connectivity index (χ1n) is 10.1. The molecule has 1 saturated heterocycles. The van der Waals surface area contributed by atoms with E-state index in [2.05, 4.69) is 0 Å². The van der Waals surface area contributed by atoms with E-state index in [0.29, 0.717) is 5.56 Å². The summed E-state index contributed by atoms with van der Waals surface area (Å²) in [4.78, 5) is 24.6. The maximum absolute atomic E-state index is 14.0. The van der Waals surface area contributed by atoms with E-state index in [1.54, 1.807) is 25.1 Å². The van der Waals surface area contributed by atoms with Crippen molar-refractivity contribution in [3.63, 3.8) is 0 Å². The van der Waals surface area contributed by atoms with Crippen LogP contribution in [0.5, 0.6) is 0 Å². The molecule has 0 radical (unpaired) electrons. The number of nitro groups is 1. The number of nitrogens with zero attached hydrogens (tertiary/aromatic N) is 3. The maximum atomic E-state index is 14.0. The Hall–Kier alpha value is -3.57. The SMILES string of the molecule is Cc1ccc([N+](=O)[O-])cc1S(=O)(=O)N1CCN(C(=O)c2ccc(-c3ccccc3F)o2)CC1.